The largest absolute Gasteiger partial charge is 0.394 e. The minimum absolute atomic E-state index is 0.969. The van der Waals surface area contributed by atoms with Gasteiger partial charge in [0.1, 0.15) is 5.65 Å². The predicted molar refractivity (Wildman–Crippen MR) is 146 cm³/mol. The third-order valence-corrected chi connectivity index (χ3v) is 6.35. The highest BCUT2D eigenvalue weighted by atomic mass is 32.3. The van der Waals surface area contributed by atoms with Crippen LogP contribution in [0.2, 0.25) is 0 Å². The van der Waals surface area contributed by atoms with Crippen LogP contribution in [0.4, 0.5) is 0 Å². The Kier molecular flexibility index (Phi) is 7.91. The molecular weight excluding hydrogens is 474 g/mol. The molecule has 2 aromatic heterocycles. The summed E-state index contributed by atoms with van der Waals surface area (Å²) in [6.07, 6.45) is 2.32. The number of aromatic nitrogens is 2. The summed E-state index contributed by atoms with van der Waals surface area (Å²) in [4.78, 5) is 2.49. The molecule has 0 atom stereocenters. The topological polar surface area (TPSA) is 87.2 Å². The van der Waals surface area contributed by atoms with Gasteiger partial charge >= 0.3 is 10.4 Å². The van der Waals surface area contributed by atoms with Crippen molar-refractivity contribution < 1.29 is 17.5 Å². The molecule has 0 bridgehead atoms. The van der Waals surface area contributed by atoms with Gasteiger partial charge in [0.25, 0.3) is 0 Å². The van der Waals surface area contributed by atoms with Crippen molar-refractivity contribution in [1.82, 2.24) is 13.9 Å². The quantitative estimate of drug-likeness (QED) is 0.268. The molecule has 2 heterocycles. The molecule has 0 aliphatic carbocycles. The van der Waals surface area contributed by atoms with Crippen LogP contribution in [0.3, 0.4) is 0 Å². The molecule has 5 aromatic rings. The summed E-state index contributed by atoms with van der Waals surface area (Å²) in [6, 6.07) is 30.4. The van der Waals surface area contributed by atoms with Crippen LogP contribution in [-0.4, -0.2) is 51.0 Å². The van der Waals surface area contributed by atoms with E-state index in [0.29, 0.717) is 0 Å². The van der Waals surface area contributed by atoms with Gasteiger partial charge in [0.05, 0.1) is 11.0 Å². The third-order valence-electron chi connectivity index (χ3n) is 6.35. The average Bonchev–Trinajstić information content (AvgIpc) is 3.40. The number of nitrogens with zero attached hydrogens (tertiary/aromatic N) is 3. The zero-order chi connectivity index (χ0) is 25.7. The van der Waals surface area contributed by atoms with E-state index in [1.807, 2.05) is 0 Å². The van der Waals surface area contributed by atoms with Gasteiger partial charge in [-0.1, -0.05) is 86.6 Å². The van der Waals surface area contributed by atoms with E-state index in [4.69, 9.17) is 17.5 Å². The first kappa shape index (κ1) is 25.7. The number of hydrogen-bond donors (Lipinski definition) is 2. The molecule has 36 heavy (non-hydrogen) atoms. The van der Waals surface area contributed by atoms with E-state index in [0.717, 1.165) is 26.2 Å². The highest BCUT2D eigenvalue weighted by Crippen LogP contribution is 2.39. The van der Waals surface area contributed by atoms with Crippen molar-refractivity contribution in [2.75, 3.05) is 19.6 Å². The SMILES string of the molecule is CCN(CC)CCn1c2ccccc2n2cc(-c3ccccc3)c(-c3ccccc3)c12.O=S(=O)(O)O. The molecule has 188 valence electrons. The summed E-state index contributed by atoms with van der Waals surface area (Å²) in [5.74, 6) is 0. The number of rotatable bonds is 7. The molecule has 0 aliphatic rings. The van der Waals surface area contributed by atoms with Gasteiger partial charge in [-0.2, -0.15) is 8.42 Å². The molecule has 0 saturated heterocycles. The summed E-state index contributed by atoms with van der Waals surface area (Å²) in [5.41, 5.74) is 8.93. The lowest BCUT2D eigenvalue weighted by atomic mass is 9.98. The van der Waals surface area contributed by atoms with Crippen LogP contribution in [0, 0.1) is 0 Å². The molecule has 0 aliphatic heterocycles. The van der Waals surface area contributed by atoms with Gasteiger partial charge in [-0.15, -0.1) is 0 Å². The lowest BCUT2D eigenvalue weighted by Crippen LogP contribution is -2.27. The van der Waals surface area contributed by atoms with E-state index in [9.17, 15) is 0 Å². The molecule has 0 spiro atoms. The number of imidazole rings is 1. The number of hydrogen-bond acceptors (Lipinski definition) is 3. The van der Waals surface area contributed by atoms with Gasteiger partial charge in [-0.05, 0) is 36.3 Å². The Balaban J connectivity index is 0.000000556. The summed E-state index contributed by atoms with van der Waals surface area (Å²) in [5, 5.41) is 0. The first-order chi connectivity index (χ1) is 17.3. The van der Waals surface area contributed by atoms with Gasteiger partial charge in [-0.3, -0.25) is 13.5 Å². The first-order valence-electron chi connectivity index (χ1n) is 12.0. The molecule has 3 aromatic carbocycles. The van der Waals surface area contributed by atoms with Gasteiger partial charge in [0, 0.05) is 30.4 Å². The summed E-state index contributed by atoms with van der Waals surface area (Å²) < 4.78 is 36.5. The second-order valence-electron chi connectivity index (χ2n) is 8.46. The van der Waals surface area contributed by atoms with Crippen LogP contribution < -0.4 is 0 Å². The van der Waals surface area contributed by atoms with Crippen molar-refractivity contribution in [3.8, 4) is 22.3 Å². The summed E-state index contributed by atoms with van der Waals surface area (Å²) >= 11 is 0. The molecule has 2 N–H and O–H groups in total. The Morgan fingerprint density at radius 1 is 0.750 bits per heavy atom. The molecule has 7 nitrogen and oxygen atoms in total. The lowest BCUT2D eigenvalue weighted by Gasteiger charge is -2.19. The fourth-order valence-corrected chi connectivity index (χ4v) is 4.69. The number of likely N-dealkylation sites (N-methyl/N-ethyl adjacent to an activating group) is 1. The van der Waals surface area contributed by atoms with Crippen molar-refractivity contribution in [2.24, 2.45) is 0 Å². The maximum atomic E-state index is 8.74. The predicted octanol–water partition coefficient (Wildman–Crippen LogP) is 5.92. The Hall–Kier alpha value is -3.43. The molecule has 8 heteroatoms. The minimum atomic E-state index is -4.67. The Morgan fingerprint density at radius 2 is 1.25 bits per heavy atom. The fourth-order valence-electron chi connectivity index (χ4n) is 4.69. The summed E-state index contributed by atoms with van der Waals surface area (Å²) in [7, 11) is -4.67. The Bertz CT molecular complexity index is 1530. The third kappa shape index (κ3) is 5.68. The standard InChI is InChI=1S/C28H29N3.H2O4S/c1-3-29(4-2)19-20-30-25-17-11-12-18-26(25)31-21-24(22-13-7-5-8-14-22)27(28(30)31)23-15-9-6-10-16-23;1-5(2,3)4/h5-18,21H,3-4,19-20H2,1-2H3;(H2,1,2,3,4). The Morgan fingerprint density at radius 3 is 1.81 bits per heavy atom. The maximum absolute atomic E-state index is 8.74. The van der Waals surface area contributed by atoms with Gasteiger partial charge in [0.2, 0.25) is 0 Å². The Labute approximate surface area is 211 Å². The molecule has 0 amide bonds. The molecule has 0 fully saturated rings. The molecule has 0 unspecified atom stereocenters. The van der Waals surface area contributed by atoms with E-state index < -0.39 is 10.4 Å². The first-order valence-corrected chi connectivity index (χ1v) is 13.4. The molecule has 0 radical (unpaired) electrons. The van der Waals surface area contributed by atoms with Crippen molar-refractivity contribution in [2.45, 2.75) is 20.4 Å². The van der Waals surface area contributed by atoms with E-state index in [2.05, 4.69) is 119 Å². The van der Waals surface area contributed by atoms with Crippen LogP contribution in [0.1, 0.15) is 13.8 Å². The number of benzene rings is 3. The zero-order valence-electron chi connectivity index (χ0n) is 20.4. The highest BCUT2D eigenvalue weighted by molar-refractivity contribution is 7.79. The average molecular weight is 506 g/mol. The van der Waals surface area contributed by atoms with E-state index in [1.54, 1.807) is 0 Å². The van der Waals surface area contributed by atoms with Crippen LogP contribution in [0.25, 0.3) is 38.9 Å². The highest BCUT2D eigenvalue weighted by Gasteiger charge is 2.21. The fraction of sp³-hybridized carbons (Fsp3) is 0.214. The molecular formula is C28H31N3O4S. The summed E-state index contributed by atoms with van der Waals surface area (Å²) in [6.45, 7) is 8.65. The second kappa shape index (κ2) is 11.1. The van der Waals surface area contributed by atoms with Crippen molar-refractivity contribution in [1.29, 1.82) is 0 Å². The van der Waals surface area contributed by atoms with Gasteiger partial charge < -0.3 is 9.47 Å². The normalized spacial score (nSPS) is 11.7. The van der Waals surface area contributed by atoms with E-state index >= 15 is 0 Å². The number of para-hydroxylation sites is 2. The van der Waals surface area contributed by atoms with Crippen LogP contribution >= 0.6 is 0 Å². The molecule has 0 saturated carbocycles. The van der Waals surface area contributed by atoms with Crippen molar-refractivity contribution in [3.63, 3.8) is 0 Å². The van der Waals surface area contributed by atoms with Crippen LogP contribution in [0.15, 0.2) is 91.1 Å². The van der Waals surface area contributed by atoms with E-state index in [1.165, 1.54) is 38.9 Å². The van der Waals surface area contributed by atoms with Gasteiger partial charge in [0.15, 0.2) is 0 Å². The van der Waals surface area contributed by atoms with E-state index in [-0.39, 0.29) is 0 Å². The minimum Gasteiger partial charge on any atom is -0.324 e. The lowest BCUT2D eigenvalue weighted by molar-refractivity contribution is 0.293. The smallest absolute Gasteiger partial charge is 0.324 e. The van der Waals surface area contributed by atoms with Crippen molar-refractivity contribution >= 4 is 27.1 Å². The zero-order valence-corrected chi connectivity index (χ0v) is 21.3. The monoisotopic (exact) mass is 505 g/mol. The van der Waals surface area contributed by atoms with Crippen LogP contribution in [0.5, 0.6) is 0 Å². The second-order valence-corrected chi connectivity index (χ2v) is 9.35. The number of fused-ring (bicyclic) bond motifs is 3. The maximum Gasteiger partial charge on any atom is 0.394 e. The van der Waals surface area contributed by atoms with Crippen molar-refractivity contribution in [3.05, 3.63) is 91.1 Å². The van der Waals surface area contributed by atoms with Gasteiger partial charge in [-0.25, -0.2) is 0 Å². The van der Waals surface area contributed by atoms with Crippen LogP contribution in [-0.2, 0) is 16.9 Å². The molecule has 5 rings (SSSR count).